The Morgan fingerprint density at radius 2 is 1.30 bits per heavy atom. The monoisotopic (exact) mass is 440 g/mol. The van der Waals surface area contributed by atoms with Crippen molar-refractivity contribution in [2.45, 2.75) is 52.7 Å². The van der Waals surface area contributed by atoms with E-state index in [1.54, 1.807) is 0 Å². The predicted octanol–water partition coefficient (Wildman–Crippen LogP) is 6.45. The number of aryl methyl sites for hydroxylation is 3. The van der Waals surface area contributed by atoms with E-state index in [2.05, 4.69) is 50.2 Å². The summed E-state index contributed by atoms with van der Waals surface area (Å²) in [6.07, 6.45) is 3.77. The first kappa shape index (κ1) is 21.3. The molecular formula is C29H28O4. The molecule has 0 radical (unpaired) electrons. The van der Waals surface area contributed by atoms with Crippen LogP contribution in [0.3, 0.4) is 0 Å². The zero-order valence-electron chi connectivity index (χ0n) is 19.1. The molecule has 33 heavy (non-hydrogen) atoms. The van der Waals surface area contributed by atoms with E-state index in [9.17, 15) is 4.79 Å². The van der Waals surface area contributed by atoms with Crippen molar-refractivity contribution in [1.29, 1.82) is 0 Å². The lowest BCUT2D eigenvalue weighted by molar-refractivity contribution is 0.255. The standard InChI is InChI=1S/C29H28O4/c1-19-7-11-21(12-8-19)17-31-26-16-15-24-23-5-3-4-6-25(23)29(30)33-27(24)28(26)32-18-22-13-9-20(2)10-14-22/h7-16H,3-6,17-18H2,1-2H3. The maximum Gasteiger partial charge on any atom is 0.339 e. The molecule has 168 valence electrons. The average molecular weight is 441 g/mol. The van der Waals surface area contributed by atoms with Crippen molar-refractivity contribution in [2.75, 3.05) is 0 Å². The van der Waals surface area contributed by atoms with Gasteiger partial charge >= 0.3 is 5.63 Å². The summed E-state index contributed by atoms with van der Waals surface area (Å²) in [5.41, 5.74) is 6.65. The van der Waals surface area contributed by atoms with Crippen LogP contribution in [0.15, 0.2) is 69.9 Å². The molecule has 1 aliphatic rings. The van der Waals surface area contributed by atoms with E-state index < -0.39 is 0 Å². The molecule has 0 aliphatic heterocycles. The Bertz CT molecular complexity index is 1330. The number of rotatable bonds is 6. The Morgan fingerprint density at radius 3 is 1.94 bits per heavy atom. The van der Waals surface area contributed by atoms with Gasteiger partial charge in [-0.2, -0.15) is 0 Å². The van der Waals surface area contributed by atoms with Crippen molar-refractivity contribution in [3.63, 3.8) is 0 Å². The Kier molecular flexibility index (Phi) is 5.91. The summed E-state index contributed by atoms with van der Waals surface area (Å²) in [4.78, 5) is 12.8. The van der Waals surface area contributed by atoms with Gasteiger partial charge < -0.3 is 13.9 Å². The Labute approximate surface area is 193 Å². The Balaban J connectivity index is 1.54. The summed E-state index contributed by atoms with van der Waals surface area (Å²) in [6, 6.07) is 20.4. The Morgan fingerprint density at radius 1 is 0.727 bits per heavy atom. The Hall–Kier alpha value is -3.53. The summed E-state index contributed by atoms with van der Waals surface area (Å²) in [5.74, 6) is 1.07. The minimum atomic E-state index is -0.256. The van der Waals surface area contributed by atoms with Crippen molar-refractivity contribution < 1.29 is 13.9 Å². The maximum atomic E-state index is 12.8. The van der Waals surface area contributed by atoms with Gasteiger partial charge in [0.25, 0.3) is 0 Å². The lowest BCUT2D eigenvalue weighted by Gasteiger charge is -2.19. The van der Waals surface area contributed by atoms with Crippen molar-refractivity contribution in [3.8, 4) is 11.5 Å². The van der Waals surface area contributed by atoms with Gasteiger partial charge in [0.2, 0.25) is 5.75 Å². The first-order chi connectivity index (χ1) is 16.1. The number of ether oxygens (including phenoxy) is 2. The molecule has 0 saturated carbocycles. The van der Waals surface area contributed by atoms with Crippen LogP contribution in [0.1, 0.15) is 46.2 Å². The fourth-order valence-corrected chi connectivity index (χ4v) is 4.40. The third kappa shape index (κ3) is 4.51. The molecule has 5 rings (SSSR count). The minimum Gasteiger partial charge on any atom is -0.485 e. The highest BCUT2D eigenvalue weighted by Gasteiger charge is 2.22. The molecule has 0 atom stereocenters. The molecular weight excluding hydrogens is 412 g/mol. The summed E-state index contributed by atoms with van der Waals surface area (Å²) in [6.45, 7) is 4.89. The van der Waals surface area contributed by atoms with Crippen LogP contribution in [0.2, 0.25) is 0 Å². The van der Waals surface area contributed by atoms with E-state index in [0.717, 1.165) is 53.3 Å². The van der Waals surface area contributed by atoms with Crippen molar-refractivity contribution in [1.82, 2.24) is 0 Å². The van der Waals surface area contributed by atoms with E-state index >= 15 is 0 Å². The highest BCUT2D eigenvalue weighted by Crippen LogP contribution is 2.39. The van der Waals surface area contributed by atoms with Crippen LogP contribution in [0.25, 0.3) is 11.0 Å². The van der Waals surface area contributed by atoms with Gasteiger partial charge in [-0.3, -0.25) is 0 Å². The van der Waals surface area contributed by atoms with Gasteiger partial charge in [-0.05, 0) is 68.4 Å². The molecule has 0 unspecified atom stereocenters. The lowest BCUT2D eigenvalue weighted by Crippen LogP contribution is -2.16. The molecule has 1 heterocycles. The molecule has 0 saturated heterocycles. The van der Waals surface area contributed by atoms with Crippen LogP contribution in [0.4, 0.5) is 0 Å². The van der Waals surface area contributed by atoms with Crippen LogP contribution in [0, 0.1) is 13.8 Å². The zero-order valence-corrected chi connectivity index (χ0v) is 19.1. The second-order valence-corrected chi connectivity index (χ2v) is 8.87. The highest BCUT2D eigenvalue weighted by atomic mass is 16.5. The molecule has 4 heteroatoms. The minimum absolute atomic E-state index is 0.256. The molecule has 0 spiro atoms. The van der Waals surface area contributed by atoms with Crippen LogP contribution in [0.5, 0.6) is 11.5 Å². The van der Waals surface area contributed by atoms with Gasteiger partial charge in [0.05, 0.1) is 0 Å². The van der Waals surface area contributed by atoms with Crippen molar-refractivity contribution >= 4 is 11.0 Å². The van der Waals surface area contributed by atoms with Gasteiger partial charge in [-0.15, -0.1) is 0 Å². The summed E-state index contributed by atoms with van der Waals surface area (Å²) in [7, 11) is 0. The smallest absolute Gasteiger partial charge is 0.339 e. The number of fused-ring (bicyclic) bond motifs is 3. The highest BCUT2D eigenvalue weighted by molar-refractivity contribution is 5.89. The van der Waals surface area contributed by atoms with Gasteiger partial charge in [-0.1, -0.05) is 59.7 Å². The molecule has 0 fully saturated rings. The average Bonchev–Trinajstić information content (AvgIpc) is 2.84. The first-order valence-electron chi connectivity index (χ1n) is 11.6. The van der Waals surface area contributed by atoms with Gasteiger partial charge in [0.1, 0.15) is 13.2 Å². The van der Waals surface area contributed by atoms with Crippen LogP contribution < -0.4 is 15.1 Å². The van der Waals surface area contributed by atoms with E-state index in [4.69, 9.17) is 13.9 Å². The number of hydrogen-bond donors (Lipinski definition) is 0. The normalized spacial score (nSPS) is 13.0. The third-order valence-electron chi connectivity index (χ3n) is 6.33. The van der Waals surface area contributed by atoms with E-state index in [1.807, 2.05) is 24.3 Å². The predicted molar refractivity (Wildman–Crippen MR) is 130 cm³/mol. The first-order valence-corrected chi connectivity index (χ1v) is 11.6. The van der Waals surface area contributed by atoms with E-state index in [-0.39, 0.29) is 5.63 Å². The largest absolute Gasteiger partial charge is 0.485 e. The van der Waals surface area contributed by atoms with Crippen molar-refractivity contribution in [2.24, 2.45) is 0 Å². The van der Waals surface area contributed by atoms with Gasteiger partial charge in [0, 0.05) is 10.9 Å². The number of benzene rings is 3. The van der Waals surface area contributed by atoms with Crippen molar-refractivity contribution in [3.05, 3.63) is 104 Å². The molecule has 1 aliphatic carbocycles. The number of hydrogen-bond acceptors (Lipinski definition) is 4. The van der Waals surface area contributed by atoms with Crippen LogP contribution >= 0.6 is 0 Å². The van der Waals surface area contributed by atoms with Crippen LogP contribution in [-0.2, 0) is 26.1 Å². The van der Waals surface area contributed by atoms with E-state index in [0.29, 0.717) is 30.3 Å². The van der Waals surface area contributed by atoms with Gasteiger partial charge in [0.15, 0.2) is 11.3 Å². The topological polar surface area (TPSA) is 48.7 Å². The molecule has 0 amide bonds. The fourth-order valence-electron chi connectivity index (χ4n) is 4.40. The summed E-state index contributed by atoms with van der Waals surface area (Å²) < 4.78 is 18.3. The molecule has 0 bridgehead atoms. The van der Waals surface area contributed by atoms with Crippen LogP contribution in [-0.4, -0.2) is 0 Å². The summed E-state index contributed by atoms with van der Waals surface area (Å²) >= 11 is 0. The lowest BCUT2D eigenvalue weighted by atomic mass is 9.90. The van der Waals surface area contributed by atoms with E-state index in [1.165, 1.54) is 11.1 Å². The second-order valence-electron chi connectivity index (χ2n) is 8.87. The summed E-state index contributed by atoms with van der Waals surface area (Å²) in [5, 5.41) is 0.950. The molecule has 1 aromatic heterocycles. The van der Waals surface area contributed by atoms with Gasteiger partial charge in [-0.25, -0.2) is 4.79 Å². The second kappa shape index (κ2) is 9.14. The fraction of sp³-hybridized carbons (Fsp3) is 0.276. The maximum absolute atomic E-state index is 12.8. The zero-order chi connectivity index (χ0) is 22.8. The SMILES string of the molecule is Cc1ccc(COc2ccc3c4c(c(=O)oc3c2OCc2ccc(C)cc2)CCCC4)cc1. The third-order valence-corrected chi connectivity index (χ3v) is 6.33. The molecule has 4 aromatic rings. The molecule has 0 N–H and O–H groups in total. The quantitative estimate of drug-likeness (QED) is 0.324. The molecule has 4 nitrogen and oxygen atoms in total. The molecule has 3 aromatic carbocycles.